The highest BCUT2D eigenvalue weighted by atomic mass is 32.1. The Morgan fingerprint density at radius 3 is 2.67 bits per heavy atom. The van der Waals surface area contributed by atoms with Crippen LogP contribution in [-0.2, 0) is 6.42 Å². The number of fused-ring (bicyclic) bond motifs is 1. The summed E-state index contributed by atoms with van der Waals surface area (Å²) in [6.07, 6.45) is 1.10. The Morgan fingerprint density at radius 1 is 1.13 bits per heavy atom. The second-order valence-corrected chi connectivity index (χ2v) is 7.75. The maximum atomic E-state index is 13.0. The van der Waals surface area contributed by atoms with Crippen molar-refractivity contribution in [2.75, 3.05) is 14.2 Å². The maximum absolute atomic E-state index is 13.0. The molecule has 0 radical (unpaired) electrons. The second kappa shape index (κ2) is 8.09. The largest absolute Gasteiger partial charge is 0.493 e. The number of nitriles is 1. The third-order valence-electron chi connectivity index (χ3n) is 5.15. The molecule has 1 aromatic heterocycles. The molecule has 150 valence electrons. The van der Waals surface area contributed by atoms with Crippen molar-refractivity contribution in [1.29, 1.82) is 5.26 Å². The molecule has 2 aromatic carbocycles. The van der Waals surface area contributed by atoms with E-state index < -0.39 is 5.92 Å². The zero-order valence-electron chi connectivity index (χ0n) is 16.5. The number of ether oxygens (including phenoxy) is 2. The van der Waals surface area contributed by atoms with Gasteiger partial charge in [0.15, 0.2) is 29.0 Å². The fourth-order valence-corrected chi connectivity index (χ4v) is 4.42. The summed E-state index contributed by atoms with van der Waals surface area (Å²) in [5.74, 6) is -0.0331. The Hall–Kier alpha value is -3.50. The van der Waals surface area contributed by atoms with Gasteiger partial charge < -0.3 is 9.47 Å². The summed E-state index contributed by atoms with van der Waals surface area (Å²) in [5, 5.41) is 11.9. The molecule has 30 heavy (non-hydrogen) atoms. The van der Waals surface area contributed by atoms with Gasteiger partial charge in [0.2, 0.25) is 0 Å². The van der Waals surface area contributed by atoms with Crippen molar-refractivity contribution < 1.29 is 19.1 Å². The zero-order chi connectivity index (χ0) is 21.3. The Bertz CT molecular complexity index is 1190. The molecule has 0 aliphatic heterocycles. The molecule has 0 amide bonds. The van der Waals surface area contributed by atoms with Crippen molar-refractivity contribution in [1.82, 2.24) is 4.98 Å². The molecule has 4 rings (SSSR count). The van der Waals surface area contributed by atoms with E-state index >= 15 is 0 Å². The molecule has 1 heterocycles. The molecular weight excluding hydrogens is 400 g/mol. The number of nitrogens with zero attached hydrogens (tertiary/aromatic N) is 2. The number of hydrogen-bond acceptors (Lipinski definition) is 7. The molecule has 7 heteroatoms. The summed E-state index contributed by atoms with van der Waals surface area (Å²) in [6.45, 7) is 0. The fourth-order valence-electron chi connectivity index (χ4n) is 3.55. The smallest absolute Gasteiger partial charge is 0.186 e. The Balaban J connectivity index is 1.62. The van der Waals surface area contributed by atoms with Crippen LogP contribution in [0.2, 0.25) is 0 Å². The van der Waals surface area contributed by atoms with E-state index in [1.807, 2.05) is 11.4 Å². The van der Waals surface area contributed by atoms with Gasteiger partial charge in [0.05, 0.1) is 26.0 Å². The van der Waals surface area contributed by atoms with Gasteiger partial charge in [-0.1, -0.05) is 12.1 Å². The van der Waals surface area contributed by atoms with Gasteiger partial charge in [0.1, 0.15) is 5.01 Å². The number of hydrogen-bond donors (Lipinski definition) is 0. The Labute approximate surface area is 177 Å². The average Bonchev–Trinajstić information content (AvgIpc) is 3.41. The third kappa shape index (κ3) is 3.46. The summed E-state index contributed by atoms with van der Waals surface area (Å²) in [4.78, 5) is 29.4. The monoisotopic (exact) mass is 418 g/mol. The van der Waals surface area contributed by atoms with Crippen molar-refractivity contribution in [3.05, 3.63) is 63.5 Å². The highest BCUT2D eigenvalue weighted by Gasteiger charge is 2.27. The Kier molecular flexibility index (Phi) is 5.34. The van der Waals surface area contributed by atoms with Crippen LogP contribution in [0.25, 0.3) is 11.3 Å². The van der Waals surface area contributed by atoms with Crippen LogP contribution in [0, 0.1) is 11.3 Å². The van der Waals surface area contributed by atoms with E-state index in [0.29, 0.717) is 46.2 Å². The summed E-state index contributed by atoms with van der Waals surface area (Å²) in [6, 6.07) is 12.6. The molecule has 0 fully saturated rings. The highest BCUT2D eigenvalue weighted by Crippen LogP contribution is 2.34. The second-order valence-electron chi connectivity index (χ2n) is 6.86. The number of methoxy groups -OCH3 is 2. The lowest BCUT2D eigenvalue weighted by Crippen LogP contribution is -2.11. The van der Waals surface area contributed by atoms with Gasteiger partial charge >= 0.3 is 0 Å². The molecule has 0 N–H and O–H groups in total. The van der Waals surface area contributed by atoms with Crippen LogP contribution in [0.5, 0.6) is 11.5 Å². The number of ketones is 2. The molecule has 0 spiro atoms. The van der Waals surface area contributed by atoms with Gasteiger partial charge in [0, 0.05) is 28.5 Å². The highest BCUT2D eigenvalue weighted by molar-refractivity contribution is 7.10. The van der Waals surface area contributed by atoms with Crippen LogP contribution in [0.3, 0.4) is 0 Å². The van der Waals surface area contributed by atoms with E-state index in [9.17, 15) is 14.9 Å². The molecule has 0 saturated carbocycles. The van der Waals surface area contributed by atoms with Gasteiger partial charge in [-0.15, -0.1) is 11.3 Å². The van der Waals surface area contributed by atoms with Gasteiger partial charge in [-0.2, -0.15) is 5.26 Å². The number of thiazole rings is 1. The van der Waals surface area contributed by atoms with Crippen molar-refractivity contribution in [2.45, 2.75) is 18.8 Å². The number of carbonyl (C=O) groups excluding carboxylic acids is 2. The molecular formula is C23H18N2O4S. The van der Waals surface area contributed by atoms with E-state index in [0.717, 1.165) is 11.1 Å². The molecule has 6 nitrogen and oxygen atoms in total. The molecule has 1 aliphatic carbocycles. The van der Waals surface area contributed by atoms with Crippen molar-refractivity contribution in [3.63, 3.8) is 0 Å². The van der Waals surface area contributed by atoms with Gasteiger partial charge in [-0.3, -0.25) is 9.59 Å². The first-order chi connectivity index (χ1) is 14.5. The van der Waals surface area contributed by atoms with Gasteiger partial charge in [0.25, 0.3) is 0 Å². The molecule has 1 unspecified atom stereocenters. The SMILES string of the molecule is COc1ccc(-c2csc(C(C#N)C(=O)c3ccc4c(c3)CCC4=O)n2)cc1OC. The lowest BCUT2D eigenvalue weighted by molar-refractivity contribution is 0.0974. The molecule has 0 bridgehead atoms. The quantitative estimate of drug-likeness (QED) is 0.550. The summed E-state index contributed by atoms with van der Waals surface area (Å²) in [7, 11) is 3.12. The van der Waals surface area contributed by atoms with Crippen molar-refractivity contribution in [3.8, 4) is 28.8 Å². The van der Waals surface area contributed by atoms with Crippen LogP contribution in [0.15, 0.2) is 41.8 Å². The Morgan fingerprint density at radius 2 is 1.93 bits per heavy atom. The van der Waals surface area contributed by atoms with Crippen LogP contribution in [0.1, 0.15) is 43.6 Å². The molecule has 0 saturated heterocycles. The standard InChI is InChI=1S/C23H18N2O4S/c1-28-20-8-5-14(10-21(20)29-2)18-12-30-23(25-18)17(11-24)22(27)15-3-6-16-13(9-15)4-7-19(16)26/h3,5-6,8-10,12,17H,4,7H2,1-2H3. The number of benzene rings is 2. The van der Waals surface area contributed by atoms with E-state index in [1.165, 1.54) is 11.3 Å². The zero-order valence-corrected chi connectivity index (χ0v) is 17.3. The van der Waals surface area contributed by atoms with E-state index in [1.54, 1.807) is 44.6 Å². The molecule has 3 aromatic rings. The number of rotatable bonds is 6. The number of carbonyl (C=O) groups is 2. The first kappa shape index (κ1) is 19.8. The normalized spacial score (nSPS) is 13.4. The van der Waals surface area contributed by atoms with Crippen molar-refractivity contribution in [2.24, 2.45) is 0 Å². The van der Waals surface area contributed by atoms with Crippen LogP contribution in [0.4, 0.5) is 0 Å². The van der Waals surface area contributed by atoms with E-state index in [2.05, 4.69) is 11.1 Å². The van der Waals surface area contributed by atoms with E-state index in [-0.39, 0.29) is 11.6 Å². The minimum Gasteiger partial charge on any atom is -0.493 e. The fraction of sp³-hybridized carbons (Fsp3) is 0.217. The van der Waals surface area contributed by atoms with Gasteiger partial charge in [-0.05, 0) is 36.2 Å². The maximum Gasteiger partial charge on any atom is 0.186 e. The van der Waals surface area contributed by atoms with Gasteiger partial charge in [-0.25, -0.2) is 4.98 Å². The first-order valence-electron chi connectivity index (χ1n) is 9.33. The summed E-state index contributed by atoms with van der Waals surface area (Å²) < 4.78 is 10.6. The molecule has 1 atom stereocenters. The lowest BCUT2D eigenvalue weighted by Gasteiger charge is -2.09. The predicted molar refractivity (Wildman–Crippen MR) is 112 cm³/mol. The lowest BCUT2D eigenvalue weighted by atomic mass is 9.96. The first-order valence-corrected chi connectivity index (χ1v) is 10.2. The minimum absolute atomic E-state index is 0.0975. The summed E-state index contributed by atoms with van der Waals surface area (Å²) >= 11 is 1.27. The average molecular weight is 418 g/mol. The summed E-state index contributed by atoms with van der Waals surface area (Å²) in [5.41, 5.74) is 3.43. The van der Waals surface area contributed by atoms with Crippen molar-refractivity contribution >= 4 is 22.9 Å². The van der Waals surface area contributed by atoms with Crippen LogP contribution >= 0.6 is 11.3 Å². The van der Waals surface area contributed by atoms with E-state index in [4.69, 9.17) is 9.47 Å². The third-order valence-corrected chi connectivity index (χ3v) is 6.06. The van der Waals surface area contributed by atoms with Crippen LogP contribution < -0.4 is 9.47 Å². The minimum atomic E-state index is -1.00. The molecule has 1 aliphatic rings. The van der Waals surface area contributed by atoms with Crippen LogP contribution in [-0.4, -0.2) is 30.8 Å². The number of aryl methyl sites for hydroxylation is 1. The number of Topliss-reactive ketones (excluding diaryl/α,β-unsaturated/α-hetero) is 2. The topological polar surface area (TPSA) is 89.3 Å². The number of aromatic nitrogens is 1. The predicted octanol–water partition coefficient (Wildman–Crippen LogP) is 4.45.